The Labute approximate surface area is 169 Å². The monoisotopic (exact) mass is 422 g/mol. The molecule has 1 fully saturated rings. The van der Waals surface area contributed by atoms with E-state index in [0.29, 0.717) is 43.1 Å². The van der Waals surface area contributed by atoms with Crippen molar-refractivity contribution in [1.29, 1.82) is 0 Å². The summed E-state index contributed by atoms with van der Waals surface area (Å²) in [6, 6.07) is 9.03. The van der Waals surface area contributed by atoms with E-state index in [-0.39, 0.29) is 23.0 Å². The molecule has 0 aliphatic carbocycles. The number of hydrogen-bond acceptors (Lipinski definition) is 5. The minimum atomic E-state index is -3.68. The third-order valence-corrected chi connectivity index (χ3v) is 6.68. The molecule has 1 aliphatic heterocycles. The van der Waals surface area contributed by atoms with Crippen LogP contribution >= 0.6 is 0 Å². The first-order valence-electron chi connectivity index (χ1n) is 9.12. The van der Waals surface area contributed by atoms with Gasteiger partial charge in [-0.25, -0.2) is 12.8 Å². The number of carbonyl (C=O) groups excluding carboxylic acids is 1. The van der Waals surface area contributed by atoms with Gasteiger partial charge in [-0.1, -0.05) is 12.1 Å². The molecule has 1 saturated heterocycles. The Morgan fingerprint density at radius 2 is 1.93 bits per heavy atom. The molecule has 1 amide bonds. The third kappa shape index (κ3) is 4.92. The summed E-state index contributed by atoms with van der Waals surface area (Å²) in [5.74, 6) is -0.828. The predicted octanol–water partition coefficient (Wildman–Crippen LogP) is 2.34. The van der Waals surface area contributed by atoms with Gasteiger partial charge in [0.1, 0.15) is 0 Å². The van der Waals surface area contributed by atoms with Crippen LogP contribution in [0.25, 0.3) is 0 Å². The van der Waals surface area contributed by atoms with E-state index < -0.39 is 15.8 Å². The van der Waals surface area contributed by atoms with Crippen LogP contribution < -0.4 is 10.1 Å². The maximum absolute atomic E-state index is 13.8. The van der Waals surface area contributed by atoms with Crippen molar-refractivity contribution < 1.29 is 27.1 Å². The molecule has 3 rings (SSSR count). The molecular weight excluding hydrogens is 399 g/mol. The molecule has 0 saturated carbocycles. The minimum absolute atomic E-state index is 0.0552. The topological polar surface area (TPSA) is 84.9 Å². The zero-order chi connectivity index (χ0) is 21.0. The summed E-state index contributed by atoms with van der Waals surface area (Å²) in [6.45, 7) is 3.00. The van der Waals surface area contributed by atoms with Crippen LogP contribution in [0.15, 0.2) is 41.3 Å². The molecular formula is C20H23FN2O5S. The van der Waals surface area contributed by atoms with Gasteiger partial charge >= 0.3 is 0 Å². The summed E-state index contributed by atoms with van der Waals surface area (Å²) < 4.78 is 51.1. The van der Waals surface area contributed by atoms with Crippen LogP contribution in [0.3, 0.4) is 0 Å². The normalized spacial score (nSPS) is 15.1. The Hall–Kier alpha value is -2.49. The number of methoxy groups -OCH3 is 1. The number of nitrogens with one attached hydrogen (secondary N) is 1. The van der Waals surface area contributed by atoms with Gasteiger partial charge in [-0.3, -0.25) is 4.79 Å². The number of aryl methyl sites for hydroxylation is 1. The van der Waals surface area contributed by atoms with Crippen LogP contribution in [0.1, 0.15) is 11.1 Å². The number of benzene rings is 2. The molecule has 7 nitrogen and oxygen atoms in total. The molecule has 0 radical (unpaired) electrons. The Balaban J connectivity index is 1.75. The fraction of sp³-hybridized carbons (Fsp3) is 0.350. The van der Waals surface area contributed by atoms with Crippen molar-refractivity contribution >= 4 is 21.6 Å². The number of carbonyl (C=O) groups is 1. The van der Waals surface area contributed by atoms with Gasteiger partial charge in [0.15, 0.2) is 11.6 Å². The predicted molar refractivity (Wildman–Crippen MR) is 106 cm³/mol. The minimum Gasteiger partial charge on any atom is -0.494 e. The molecule has 1 heterocycles. The molecule has 2 aromatic carbocycles. The van der Waals surface area contributed by atoms with Gasteiger partial charge in [-0.2, -0.15) is 4.31 Å². The van der Waals surface area contributed by atoms with Gasteiger partial charge in [0.2, 0.25) is 15.9 Å². The highest BCUT2D eigenvalue weighted by atomic mass is 32.2. The van der Waals surface area contributed by atoms with E-state index in [9.17, 15) is 17.6 Å². The molecule has 29 heavy (non-hydrogen) atoms. The van der Waals surface area contributed by atoms with Gasteiger partial charge in [0.05, 0.1) is 31.6 Å². The van der Waals surface area contributed by atoms with Crippen molar-refractivity contribution in [3.63, 3.8) is 0 Å². The lowest BCUT2D eigenvalue weighted by Crippen LogP contribution is -2.40. The SMILES string of the molecule is COc1ccc(CC(=O)Nc2ccc(C)c(S(=O)(=O)N3CCOCC3)c2)cc1F. The summed E-state index contributed by atoms with van der Waals surface area (Å²) in [5.41, 5.74) is 1.43. The average molecular weight is 422 g/mol. The van der Waals surface area contributed by atoms with Crippen LogP contribution in [0.4, 0.5) is 10.1 Å². The Kier molecular flexibility index (Phi) is 6.51. The van der Waals surface area contributed by atoms with Crippen LogP contribution in [0.5, 0.6) is 5.75 Å². The number of anilines is 1. The first-order chi connectivity index (χ1) is 13.8. The Morgan fingerprint density at radius 1 is 1.21 bits per heavy atom. The molecule has 0 spiro atoms. The van der Waals surface area contributed by atoms with Gasteiger partial charge in [0.25, 0.3) is 0 Å². The highest BCUT2D eigenvalue weighted by molar-refractivity contribution is 7.89. The van der Waals surface area contributed by atoms with E-state index >= 15 is 0 Å². The Morgan fingerprint density at radius 3 is 2.59 bits per heavy atom. The number of amides is 1. The van der Waals surface area contributed by atoms with Crippen molar-refractivity contribution in [2.45, 2.75) is 18.2 Å². The molecule has 156 valence electrons. The van der Waals surface area contributed by atoms with Crippen LogP contribution in [-0.4, -0.2) is 52.0 Å². The standard InChI is InChI=1S/C20H23FN2O5S/c1-14-3-5-16(13-19(14)29(25,26)23-7-9-28-10-8-23)22-20(24)12-15-4-6-18(27-2)17(21)11-15/h3-6,11,13H,7-10,12H2,1-2H3,(H,22,24). The number of rotatable bonds is 6. The number of nitrogens with zero attached hydrogens (tertiary/aromatic N) is 1. The summed E-state index contributed by atoms with van der Waals surface area (Å²) in [6.07, 6.45) is -0.0552. The first-order valence-corrected chi connectivity index (χ1v) is 10.6. The fourth-order valence-electron chi connectivity index (χ4n) is 3.09. The smallest absolute Gasteiger partial charge is 0.243 e. The number of halogens is 1. The van der Waals surface area contributed by atoms with E-state index in [1.165, 1.54) is 29.6 Å². The summed E-state index contributed by atoms with van der Waals surface area (Å²) >= 11 is 0. The second kappa shape index (κ2) is 8.89. The van der Waals surface area contributed by atoms with E-state index in [1.807, 2.05) is 0 Å². The van der Waals surface area contributed by atoms with Crippen molar-refractivity contribution in [2.24, 2.45) is 0 Å². The van der Waals surface area contributed by atoms with E-state index in [1.54, 1.807) is 25.1 Å². The zero-order valence-corrected chi connectivity index (χ0v) is 17.1. The van der Waals surface area contributed by atoms with Crippen molar-refractivity contribution in [3.05, 3.63) is 53.3 Å². The first kappa shape index (κ1) is 21.2. The second-order valence-corrected chi connectivity index (χ2v) is 8.60. The highest BCUT2D eigenvalue weighted by Gasteiger charge is 2.28. The van der Waals surface area contributed by atoms with Crippen LogP contribution in [0.2, 0.25) is 0 Å². The van der Waals surface area contributed by atoms with E-state index in [0.717, 1.165) is 0 Å². The molecule has 1 aliphatic rings. The van der Waals surface area contributed by atoms with Crippen molar-refractivity contribution in [3.8, 4) is 5.75 Å². The maximum atomic E-state index is 13.8. The molecule has 0 atom stereocenters. The third-order valence-electron chi connectivity index (χ3n) is 4.64. The van der Waals surface area contributed by atoms with E-state index in [2.05, 4.69) is 5.32 Å². The van der Waals surface area contributed by atoms with Gasteiger partial charge in [0, 0.05) is 18.8 Å². The zero-order valence-electron chi connectivity index (χ0n) is 16.3. The lowest BCUT2D eigenvalue weighted by atomic mass is 10.1. The van der Waals surface area contributed by atoms with Crippen molar-refractivity contribution in [1.82, 2.24) is 4.31 Å². The number of hydrogen-bond donors (Lipinski definition) is 1. The fourth-order valence-corrected chi connectivity index (χ4v) is 4.75. The van der Waals surface area contributed by atoms with Crippen LogP contribution in [-0.2, 0) is 26.0 Å². The molecule has 0 unspecified atom stereocenters. The van der Waals surface area contributed by atoms with Gasteiger partial charge in [-0.05, 0) is 42.3 Å². The Bertz CT molecular complexity index is 1000. The lowest BCUT2D eigenvalue weighted by molar-refractivity contribution is -0.115. The lowest BCUT2D eigenvalue weighted by Gasteiger charge is -2.26. The molecule has 0 aromatic heterocycles. The summed E-state index contributed by atoms with van der Waals surface area (Å²) in [4.78, 5) is 12.5. The molecule has 9 heteroatoms. The van der Waals surface area contributed by atoms with Crippen molar-refractivity contribution in [2.75, 3.05) is 38.7 Å². The maximum Gasteiger partial charge on any atom is 0.243 e. The molecule has 2 aromatic rings. The quantitative estimate of drug-likeness (QED) is 0.773. The number of sulfonamides is 1. The average Bonchev–Trinajstić information content (AvgIpc) is 2.70. The highest BCUT2D eigenvalue weighted by Crippen LogP contribution is 2.25. The van der Waals surface area contributed by atoms with Gasteiger partial charge in [-0.15, -0.1) is 0 Å². The van der Waals surface area contributed by atoms with Crippen LogP contribution in [0, 0.1) is 12.7 Å². The number of ether oxygens (including phenoxy) is 2. The second-order valence-electron chi connectivity index (χ2n) is 6.69. The molecule has 0 bridgehead atoms. The summed E-state index contributed by atoms with van der Waals surface area (Å²) in [7, 11) is -2.32. The molecule has 1 N–H and O–H groups in total. The van der Waals surface area contributed by atoms with Gasteiger partial charge < -0.3 is 14.8 Å². The van der Waals surface area contributed by atoms with E-state index in [4.69, 9.17) is 9.47 Å². The number of morpholine rings is 1. The summed E-state index contributed by atoms with van der Waals surface area (Å²) in [5, 5.41) is 2.68. The largest absolute Gasteiger partial charge is 0.494 e.